The van der Waals surface area contributed by atoms with Gasteiger partial charge in [-0.2, -0.15) is 0 Å². The fourth-order valence-electron chi connectivity index (χ4n) is 5.20. The van der Waals surface area contributed by atoms with Gasteiger partial charge in [0.1, 0.15) is 5.75 Å². The van der Waals surface area contributed by atoms with Crippen LogP contribution in [-0.2, 0) is 14.9 Å². The predicted octanol–water partition coefficient (Wildman–Crippen LogP) is 8.00. The van der Waals surface area contributed by atoms with Crippen molar-refractivity contribution in [3.8, 4) is 5.75 Å². The Hall–Kier alpha value is -2.14. The Labute approximate surface area is 231 Å². The van der Waals surface area contributed by atoms with Crippen LogP contribution in [0, 0.1) is 25.2 Å². The van der Waals surface area contributed by atoms with Crippen molar-refractivity contribution in [2.75, 3.05) is 19.8 Å². The van der Waals surface area contributed by atoms with Gasteiger partial charge >= 0.3 is 0 Å². The van der Waals surface area contributed by atoms with Crippen LogP contribution in [0.15, 0.2) is 42.5 Å². The van der Waals surface area contributed by atoms with Gasteiger partial charge in [0, 0.05) is 11.3 Å². The first-order valence-corrected chi connectivity index (χ1v) is 14.4. The Morgan fingerprint density at radius 2 is 1.53 bits per heavy atom. The fraction of sp³-hybridized carbons (Fsp3) is 0.588. The third-order valence-corrected chi connectivity index (χ3v) is 8.73. The Morgan fingerprint density at radius 1 is 0.947 bits per heavy atom. The van der Waals surface area contributed by atoms with Crippen molar-refractivity contribution in [1.29, 1.82) is 0 Å². The van der Waals surface area contributed by atoms with Crippen LogP contribution in [0.3, 0.4) is 0 Å². The van der Waals surface area contributed by atoms with Crippen molar-refractivity contribution in [2.45, 2.75) is 98.9 Å². The van der Waals surface area contributed by atoms with E-state index in [0.29, 0.717) is 19.8 Å². The van der Waals surface area contributed by atoms with Crippen molar-refractivity contribution in [2.24, 2.45) is 11.3 Å². The van der Waals surface area contributed by atoms with E-state index >= 15 is 0 Å². The second kappa shape index (κ2) is 12.4. The molecule has 38 heavy (non-hydrogen) atoms. The predicted molar refractivity (Wildman–Crippen MR) is 158 cm³/mol. The molecule has 0 aromatic heterocycles. The lowest BCUT2D eigenvalue weighted by atomic mass is 9.70. The van der Waals surface area contributed by atoms with E-state index in [1.807, 2.05) is 19.9 Å². The Morgan fingerprint density at radius 3 is 2.05 bits per heavy atom. The summed E-state index contributed by atoms with van der Waals surface area (Å²) in [4.78, 5) is 0. The lowest BCUT2D eigenvalue weighted by molar-refractivity contribution is -0.264. The molecular weight excluding hydrogens is 472 g/mol. The summed E-state index contributed by atoms with van der Waals surface area (Å²) in [7, 11) is 0. The molecule has 1 unspecified atom stereocenters. The summed E-state index contributed by atoms with van der Waals surface area (Å²) in [5, 5.41) is 10.6. The van der Waals surface area contributed by atoms with Crippen LogP contribution in [0.1, 0.15) is 95.5 Å². The smallest absolute Gasteiger partial charge is 0.162 e. The quantitative estimate of drug-likeness (QED) is 0.325. The van der Waals surface area contributed by atoms with Gasteiger partial charge in [0.15, 0.2) is 5.79 Å². The zero-order valence-electron chi connectivity index (χ0n) is 25.2. The number of aliphatic hydroxyl groups excluding tert-OH is 1. The molecule has 0 saturated carbocycles. The van der Waals surface area contributed by atoms with Crippen molar-refractivity contribution < 1.29 is 19.3 Å². The molecule has 2 aromatic carbocycles. The van der Waals surface area contributed by atoms with Crippen molar-refractivity contribution in [3.05, 3.63) is 70.3 Å². The minimum absolute atomic E-state index is 0.0728. The Bertz CT molecular complexity index is 1080. The maximum Gasteiger partial charge on any atom is 0.162 e. The molecule has 1 fully saturated rings. The molecule has 1 N–H and O–H groups in total. The molecular formula is C34H50O4. The summed E-state index contributed by atoms with van der Waals surface area (Å²) in [6.07, 6.45) is 6.48. The van der Waals surface area contributed by atoms with Crippen LogP contribution in [-0.4, -0.2) is 36.8 Å². The molecule has 0 spiro atoms. The molecule has 3 rings (SSSR count). The molecule has 1 aliphatic heterocycles. The molecule has 1 saturated heterocycles. The molecule has 0 aliphatic carbocycles. The topological polar surface area (TPSA) is 47.9 Å². The molecule has 0 bridgehead atoms. The highest BCUT2D eigenvalue weighted by molar-refractivity contribution is 5.57. The largest absolute Gasteiger partial charge is 0.493 e. The lowest BCUT2D eigenvalue weighted by Gasteiger charge is -2.35. The van der Waals surface area contributed by atoms with E-state index in [1.54, 1.807) is 0 Å². The molecule has 1 aliphatic rings. The summed E-state index contributed by atoms with van der Waals surface area (Å²) >= 11 is 0. The first-order valence-electron chi connectivity index (χ1n) is 14.4. The first-order chi connectivity index (χ1) is 17.9. The van der Waals surface area contributed by atoms with Gasteiger partial charge in [0.25, 0.3) is 0 Å². The van der Waals surface area contributed by atoms with Crippen LogP contribution in [0.4, 0.5) is 0 Å². The number of hydrogen-bond acceptors (Lipinski definition) is 4. The summed E-state index contributed by atoms with van der Waals surface area (Å²) in [5.74, 6) is 0.653. The molecule has 0 amide bonds. The molecule has 2 aromatic rings. The third kappa shape index (κ3) is 6.89. The van der Waals surface area contributed by atoms with Gasteiger partial charge < -0.3 is 19.3 Å². The SMILES string of the molecule is CCC(CC)(c1ccc(/C=C/C(O)C(C)(C)CC)c(C)c1)c1ccc(OCC2COC(C)(C)OC2)c(C)c1. The standard InChI is InChI=1S/C34H50O4/c1-10-32(6,7)31(35)18-14-27-13-15-28(19-24(27)4)34(11-2,12-3)29-16-17-30(25(5)20-29)36-21-26-22-37-33(8,9)38-23-26/h13-20,26,31,35H,10-12,21-23H2,1-9H3/b18-14+. The molecule has 1 heterocycles. The third-order valence-electron chi connectivity index (χ3n) is 8.73. The van der Waals surface area contributed by atoms with Gasteiger partial charge in [-0.1, -0.05) is 77.1 Å². The van der Waals surface area contributed by atoms with E-state index in [4.69, 9.17) is 14.2 Å². The van der Waals surface area contributed by atoms with Crippen LogP contribution in [0.25, 0.3) is 6.08 Å². The minimum atomic E-state index is -0.502. The zero-order valence-corrected chi connectivity index (χ0v) is 25.2. The summed E-state index contributed by atoms with van der Waals surface area (Å²) in [5.41, 5.74) is 5.97. The fourth-order valence-corrected chi connectivity index (χ4v) is 5.20. The molecule has 1 atom stereocenters. The Kier molecular flexibility index (Phi) is 9.89. The van der Waals surface area contributed by atoms with Gasteiger partial charge in [-0.15, -0.1) is 0 Å². The van der Waals surface area contributed by atoms with Crippen LogP contribution >= 0.6 is 0 Å². The highest BCUT2D eigenvalue weighted by atomic mass is 16.7. The van der Waals surface area contributed by atoms with E-state index in [-0.39, 0.29) is 16.7 Å². The lowest BCUT2D eigenvalue weighted by Crippen LogP contribution is -2.41. The Balaban J connectivity index is 1.79. The summed E-state index contributed by atoms with van der Waals surface area (Å²) < 4.78 is 17.8. The number of aryl methyl sites for hydroxylation is 2. The second-order valence-electron chi connectivity index (χ2n) is 12.2. The van der Waals surface area contributed by atoms with Crippen molar-refractivity contribution in [3.63, 3.8) is 0 Å². The second-order valence-corrected chi connectivity index (χ2v) is 12.2. The number of aliphatic hydroxyl groups is 1. The summed E-state index contributed by atoms with van der Waals surface area (Å²) in [6, 6.07) is 13.5. The number of hydrogen-bond donors (Lipinski definition) is 1. The summed E-state index contributed by atoms with van der Waals surface area (Å²) in [6.45, 7) is 21.0. The van der Waals surface area contributed by atoms with E-state index in [0.717, 1.165) is 36.1 Å². The highest BCUT2D eigenvalue weighted by Crippen LogP contribution is 2.41. The first kappa shape index (κ1) is 30.4. The van der Waals surface area contributed by atoms with Crippen molar-refractivity contribution in [1.82, 2.24) is 0 Å². The molecule has 0 radical (unpaired) electrons. The van der Waals surface area contributed by atoms with E-state index in [9.17, 15) is 5.11 Å². The number of ether oxygens (including phenoxy) is 3. The maximum atomic E-state index is 10.6. The van der Waals surface area contributed by atoms with Crippen LogP contribution in [0.5, 0.6) is 5.75 Å². The molecule has 4 heteroatoms. The van der Waals surface area contributed by atoms with Gasteiger partial charge in [0.05, 0.1) is 25.9 Å². The van der Waals surface area contributed by atoms with Gasteiger partial charge in [-0.05, 0) is 86.3 Å². The average Bonchev–Trinajstić information content (AvgIpc) is 2.89. The van der Waals surface area contributed by atoms with Crippen LogP contribution in [0.2, 0.25) is 0 Å². The van der Waals surface area contributed by atoms with E-state index in [1.165, 1.54) is 16.7 Å². The zero-order chi connectivity index (χ0) is 28.1. The van der Waals surface area contributed by atoms with E-state index in [2.05, 4.69) is 90.9 Å². The van der Waals surface area contributed by atoms with Gasteiger partial charge in [-0.3, -0.25) is 0 Å². The highest BCUT2D eigenvalue weighted by Gasteiger charge is 2.32. The van der Waals surface area contributed by atoms with Crippen molar-refractivity contribution >= 4 is 6.08 Å². The number of benzene rings is 2. The normalized spacial score (nSPS) is 17.6. The maximum absolute atomic E-state index is 10.6. The molecule has 210 valence electrons. The molecule has 4 nitrogen and oxygen atoms in total. The minimum Gasteiger partial charge on any atom is -0.493 e. The monoisotopic (exact) mass is 522 g/mol. The van der Waals surface area contributed by atoms with E-state index < -0.39 is 11.9 Å². The number of rotatable bonds is 11. The van der Waals surface area contributed by atoms with Gasteiger partial charge in [0.2, 0.25) is 0 Å². The van der Waals surface area contributed by atoms with Gasteiger partial charge in [-0.25, -0.2) is 0 Å². The van der Waals surface area contributed by atoms with Crippen LogP contribution < -0.4 is 4.74 Å². The average molecular weight is 523 g/mol.